The van der Waals surface area contributed by atoms with Gasteiger partial charge in [0.05, 0.1) is 16.8 Å². The van der Waals surface area contributed by atoms with Gasteiger partial charge >= 0.3 is 0 Å². The quantitative estimate of drug-likeness (QED) is 0.185. The maximum absolute atomic E-state index is 5.24. The summed E-state index contributed by atoms with van der Waals surface area (Å²) in [6, 6.07) is 65.7. The van der Waals surface area contributed by atoms with Crippen LogP contribution in [0, 0.1) is 0 Å². The van der Waals surface area contributed by atoms with Gasteiger partial charge in [0, 0.05) is 37.2 Å². The molecular formula is C49H30N2S. The van der Waals surface area contributed by atoms with Crippen LogP contribution in [0.25, 0.3) is 77.4 Å². The van der Waals surface area contributed by atoms with E-state index in [1.807, 2.05) is 35.6 Å². The third kappa shape index (κ3) is 4.11. The van der Waals surface area contributed by atoms with Crippen LogP contribution in [0.4, 0.5) is 0 Å². The first-order chi connectivity index (χ1) is 25.8. The molecule has 2 aromatic heterocycles. The number of thiophene rings is 1. The second-order valence-corrected chi connectivity index (χ2v) is 14.7. The lowest BCUT2D eigenvalue weighted by molar-refractivity contribution is 0.812. The lowest BCUT2D eigenvalue weighted by Gasteiger charge is -2.29. The molecule has 2 aliphatic carbocycles. The number of aromatic nitrogens is 2. The van der Waals surface area contributed by atoms with Gasteiger partial charge in [0.1, 0.15) is 0 Å². The van der Waals surface area contributed by atoms with Gasteiger partial charge in [0.15, 0.2) is 5.82 Å². The molecule has 0 bridgehead atoms. The summed E-state index contributed by atoms with van der Waals surface area (Å²) in [6.45, 7) is 0. The topological polar surface area (TPSA) is 25.8 Å². The van der Waals surface area contributed by atoms with Gasteiger partial charge in [-0.2, -0.15) is 0 Å². The summed E-state index contributed by atoms with van der Waals surface area (Å²) >= 11 is 1.95. The minimum absolute atomic E-state index is 0.400. The molecule has 0 fully saturated rings. The van der Waals surface area contributed by atoms with Gasteiger partial charge in [-0.25, -0.2) is 9.97 Å². The summed E-state index contributed by atoms with van der Waals surface area (Å²) in [5.74, 6) is 0.718. The first-order valence-electron chi connectivity index (χ1n) is 17.7. The second kappa shape index (κ2) is 11.3. The van der Waals surface area contributed by atoms with E-state index in [1.54, 1.807) is 0 Å². The SMILES string of the molecule is c1ccc(-c2cc(-c3ccccc3-c3ccc4c(c3)C3(c5ccccc5-4)c4ccccc4-c4c3sc3ccccc43)nc(-c3ccccc3)n2)cc1. The number of fused-ring (bicyclic) bond motifs is 12. The molecular weight excluding hydrogens is 649 g/mol. The van der Waals surface area contributed by atoms with Crippen molar-refractivity contribution in [2.24, 2.45) is 0 Å². The predicted molar refractivity (Wildman–Crippen MR) is 215 cm³/mol. The highest BCUT2D eigenvalue weighted by molar-refractivity contribution is 7.20. The molecule has 1 spiro atoms. The standard InChI is InChI=1S/C49H30N2S/c1-3-15-31(16-4-1)43-30-44(51-48(50-43)32-17-5-2-6-18-32)37-21-8-7-19-34(37)33-27-28-36-35-20-9-12-24-40(35)49(42(36)29-33)41-25-13-10-22-38(41)46-39-23-11-14-26-45(39)52-47(46)49/h1-30H. The summed E-state index contributed by atoms with van der Waals surface area (Å²) in [6.07, 6.45) is 0. The van der Waals surface area contributed by atoms with E-state index in [4.69, 9.17) is 9.97 Å². The van der Waals surface area contributed by atoms with Crippen LogP contribution in [-0.4, -0.2) is 9.97 Å². The van der Waals surface area contributed by atoms with Gasteiger partial charge in [0.25, 0.3) is 0 Å². The summed E-state index contributed by atoms with van der Waals surface area (Å²) in [5.41, 5.74) is 16.3. The fraction of sp³-hybridized carbons (Fsp3) is 0.0204. The Morgan fingerprint density at radius 1 is 0.385 bits per heavy atom. The van der Waals surface area contributed by atoms with E-state index in [2.05, 4.69) is 158 Å². The first-order valence-corrected chi connectivity index (χ1v) is 18.6. The average molecular weight is 679 g/mol. The van der Waals surface area contributed by atoms with Crippen molar-refractivity contribution >= 4 is 21.4 Å². The van der Waals surface area contributed by atoms with E-state index in [-0.39, 0.29) is 0 Å². The number of hydrogen-bond acceptors (Lipinski definition) is 3. The second-order valence-electron chi connectivity index (χ2n) is 13.6. The molecule has 3 heteroatoms. The number of rotatable bonds is 4. The lowest BCUT2D eigenvalue weighted by atomic mass is 9.73. The van der Waals surface area contributed by atoms with Crippen molar-refractivity contribution in [3.05, 3.63) is 204 Å². The molecule has 0 saturated heterocycles. The van der Waals surface area contributed by atoms with Crippen molar-refractivity contribution < 1.29 is 0 Å². The third-order valence-corrected chi connectivity index (χ3v) is 12.2. The van der Waals surface area contributed by atoms with E-state index < -0.39 is 5.41 Å². The summed E-state index contributed by atoms with van der Waals surface area (Å²) in [5, 5.41) is 1.34. The molecule has 52 heavy (non-hydrogen) atoms. The highest BCUT2D eigenvalue weighted by Crippen LogP contribution is 2.66. The molecule has 0 saturated carbocycles. The van der Waals surface area contributed by atoms with Gasteiger partial charge < -0.3 is 0 Å². The Balaban J connectivity index is 1.16. The van der Waals surface area contributed by atoms with Crippen molar-refractivity contribution in [2.75, 3.05) is 0 Å². The van der Waals surface area contributed by atoms with Gasteiger partial charge in [-0.15, -0.1) is 11.3 Å². The van der Waals surface area contributed by atoms with Gasteiger partial charge in [-0.1, -0.05) is 164 Å². The third-order valence-electron chi connectivity index (χ3n) is 10.9. The van der Waals surface area contributed by atoms with Crippen molar-refractivity contribution in [3.8, 4) is 67.3 Å². The number of nitrogens with zero attached hydrogens (tertiary/aromatic N) is 2. The maximum Gasteiger partial charge on any atom is 0.160 e. The molecule has 9 aromatic rings. The van der Waals surface area contributed by atoms with Crippen molar-refractivity contribution in [1.82, 2.24) is 9.97 Å². The van der Waals surface area contributed by atoms with Gasteiger partial charge in [0.2, 0.25) is 0 Å². The van der Waals surface area contributed by atoms with E-state index in [0.29, 0.717) is 0 Å². The Kier molecular flexibility index (Phi) is 6.37. The Bertz CT molecular complexity index is 2800. The van der Waals surface area contributed by atoms with E-state index in [1.165, 1.54) is 59.5 Å². The summed E-state index contributed by atoms with van der Waals surface area (Å²) < 4.78 is 1.33. The monoisotopic (exact) mass is 678 g/mol. The van der Waals surface area contributed by atoms with Crippen LogP contribution < -0.4 is 0 Å². The van der Waals surface area contributed by atoms with Crippen LogP contribution >= 0.6 is 11.3 Å². The average Bonchev–Trinajstić information content (AvgIpc) is 3.85. The Labute approximate surface area is 306 Å². The van der Waals surface area contributed by atoms with Crippen LogP contribution in [0.15, 0.2) is 182 Å². The first kappa shape index (κ1) is 29.3. The maximum atomic E-state index is 5.24. The Morgan fingerprint density at radius 2 is 0.962 bits per heavy atom. The van der Waals surface area contributed by atoms with E-state index in [9.17, 15) is 0 Å². The minimum atomic E-state index is -0.400. The van der Waals surface area contributed by atoms with Crippen LogP contribution in [0.2, 0.25) is 0 Å². The predicted octanol–water partition coefficient (Wildman–Crippen LogP) is 12.7. The van der Waals surface area contributed by atoms with Gasteiger partial charge in [-0.05, 0) is 62.7 Å². The molecule has 11 rings (SSSR count). The van der Waals surface area contributed by atoms with E-state index in [0.717, 1.165) is 39.5 Å². The summed E-state index contributed by atoms with van der Waals surface area (Å²) in [7, 11) is 0. The van der Waals surface area contributed by atoms with Crippen LogP contribution in [-0.2, 0) is 5.41 Å². The molecule has 242 valence electrons. The normalized spacial score (nSPS) is 15.0. The molecule has 0 radical (unpaired) electrons. The van der Waals surface area contributed by atoms with Crippen LogP contribution in [0.3, 0.4) is 0 Å². The van der Waals surface area contributed by atoms with Crippen molar-refractivity contribution in [2.45, 2.75) is 5.41 Å². The zero-order valence-electron chi connectivity index (χ0n) is 28.1. The molecule has 1 atom stereocenters. The van der Waals surface area contributed by atoms with Crippen LogP contribution in [0.5, 0.6) is 0 Å². The number of benzene rings is 7. The lowest BCUT2D eigenvalue weighted by Crippen LogP contribution is -2.24. The smallest absolute Gasteiger partial charge is 0.160 e. The molecule has 7 aromatic carbocycles. The van der Waals surface area contributed by atoms with Crippen molar-refractivity contribution in [3.63, 3.8) is 0 Å². The zero-order chi connectivity index (χ0) is 34.2. The molecule has 2 nitrogen and oxygen atoms in total. The fourth-order valence-corrected chi connectivity index (χ4v) is 10.2. The zero-order valence-corrected chi connectivity index (χ0v) is 28.9. The van der Waals surface area contributed by atoms with Crippen LogP contribution in [0.1, 0.15) is 21.6 Å². The Hall–Kier alpha value is -6.42. The highest BCUT2D eigenvalue weighted by Gasteiger charge is 2.53. The van der Waals surface area contributed by atoms with Crippen molar-refractivity contribution in [1.29, 1.82) is 0 Å². The molecule has 1 unspecified atom stereocenters. The van der Waals surface area contributed by atoms with Gasteiger partial charge in [-0.3, -0.25) is 0 Å². The number of hydrogen-bond donors (Lipinski definition) is 0. The Morgan fingerprint density at radius 3 is 1.75 bits per heavy atom. The van der Waals surface area contributed by atoms with E-state index >= 15 is 0 Å². The fourth-order valence-electron chi connectivity index (χ4n) is 8.73. The molecule has 0 amide bonds. The minimum Gasteiger partial charge on any atom is -0.228 e. The molecule has 2 heterocycles. The highest BCUT2D eigenvalue weighted by atomic mass is 32.1. The molecule has 0 N–H and O–H groups in total. The summed E-state index contributed by atoms with van der Waals surface area (Å²) in [4.78, 5) is 11.7. The molecule has 2 aliphatic rings. The largest absolute Gasteiger partial charge is 0.228 e. The molecule has 0 aliphatic heterocycles.